The molecule has 2 heterocycles. The van der Waals surface area contributed by atoms with E-state index in [0.717, 1.165) is 17.5 Å². The van der Waals surface area contributed by atoms with Crippen LogP contribution in [0.1, 0.15) is 38.0 Å². The van der Waals surface area contributed by atoms with Gasteiger partial charge in [0.2, 0.25) is 0 Å². The van der Waals surface area contributed by atoms with Crippen molar-refractivity contribution in [2.45, 2.75) is 38.9 Å². The zero-order chi connectivity index (χ0) is 18.7. The second-order valence-electron chi connectivity index (χ2n) is 7.59. The first-order valence-electron chi connectivity index (χ1n) is 8.93. The predicted molar refractivity (Wildman–Crippen MR) is 101 cm³/mol. The molecule has 0 radical (unpaired) electrons. The van der Waals surface area contributed by atoms with Gasteiger partial charge in [-0.1, -0.05) is 24.3 Å². The van der Waals surface area contributed by atoms with Gasteiger partial charge in [0.05, 0.1) is 13.2 Å². The molecule has 2 aromatic rings. The molecule has 26 heavy (non-hydrogen) atoms. The first-order valence-corrected chi connectivity index (χ1v) is 8.93. The molecule has 138 valence electrons. The molecule has 5 nitrogen and oxygen atoms in total. The van der Waals surface area contributed by atoms with Gasteiger partial charge in [-0.2, -0.15) is 0 Å². The van der Waals surface area contributed by atoms with Crippen LogP contribution >= 0.6 is 0 Å². The minimum Gasteiger partial charge on any atom is -0.444 e. The number of aromatic nitrogens is 1. The maximum absolute atomic E-state index is 12.3. The van der Waals surface area contributed by atoms with E-state index in [1.165, 1.54) is 11.1 Å². The van der Waals surface area contributed by atoms with Crippen LogP contribution in [-0.2, 0) is 15.9 Å². The van der Waals surface area contributed by atoms with E-state index in [9.17, 15) is 4.79 Å². The van der Waals surface area contributed by atoms with Crippen molar-refractivity contribution in [3.05, 3.63) is 53.9 Å². The SMILES string of the molecule is CN(C[C@H]1OCCc2c(-c3cccnc3)cccc21)C(=O)OC(C)(C)C. The third-order valence-corrected chi connectivity index (χ3v) is 4.35. The highest BCUT2D eigenvalue weighted by Crippen LogP contribution is 2.34. The Labute approximate surface area is 155 Å². The lowest BCUT2D eigenvalue weighted by Gasteiger charge is -2.32. The van der Waals surface area contributed by atoms with Crippen molar-refractivity contribution in [1.82, 2.24) is 9.88 Å². The van der Waals surface area contributed by atoms with Gasteiger partial charge in [-0.15, -0.1) is 0 Å². The molecular weight excluding hydrogens is 328 g/mol. The van der Waals surface area contributed by atoms with Crippen molar-refractivity contribution in [3.63, 3.8) is 0 Å². The molecule has 3 rings (SSSR count). The predicted octanol–water partition coefficient (Wildman–Crippen LogP) is 4.23. The molecule has 0 spiro atoms. The topological polar surface area (TPSA) is 51.7 Å². The van der Waals surface area contributed by atoms with Gasteiger partial charge in [-0.05, 0) is 49.9 Å². The van der Waals surface area contributed by atoms with Crippen molar-refractivity contribution in [2.24, 2.45) is 0 Å². The van der Waals surface area contributed by atoms with Crippen molar-refractivity contribution >= 4 is 6.09 Å². The standard InChI is InChI=1S/C21H26N2O3/c1-21(2,3)26-20(24)23(4)14-19-18-9-5-8-16(17(18)10-12-25-19)15-7-6-11-22-13-15/h5-9,11,13,19H,10,12,14H2,1-4H3/t19-/m1/s1. The van der Waals surface area contributed by atoms with E-state index < -0.39 is 5.60 Å². The number of amides is 1. The summed E-state index contributed by atoms with van der Waals surface area (Å²) in [7, 11) is 1.75. The van der Waals surface area contributed by atoms with Crippen molar-refractivity contribution in [2.75, 3.05) is 20.2 Å². The van der Waals surface area contributed by atoms with Crippen LogP contribution in [0.4, 0.5) is 4.79 Å². The lowest BCUT2D eigenvalue weighted by atomic mass is 9.90. The van der Waals surface area contributed by atoms with Crippen LogP contribution in [-0.4, -0.2) is 41.8 Å². The average Bonchev–Trinajstić information content (AvgIpc) is 2.61. The normalized spacial score (nSPS) is 16.7. The van der Waals surface area contributed by atoms with Gasteiger partial charge in [0.15, 0.2) is 0 Å². The Bertz CT molecular complexity index is 769. The number of fused-ring (bicyclic) bond motifs is 1. The van der Waals surface area contributed by atoms with Crippen LogP contribution < -0.4 is 0 Å². The number of ether oxygens (including phenoxy) is 2. The quantitative estimate of drug-likeness (QED) is 0.828. The Kier molecular flexibility index (Phi) is 5.28. The molecule has 1 amide bonds. The van der Waals surface area contributed by atoms with E-state index in [1.807, 2.05) is 39.1 Å². The molecule has 0 bridgehead atoms. The van der Waals surface area contributed by atoms with Gasteiger partial charge in [0, 0.05) is 25.0 Å². The highest BCUT2D eigenvalue weighted by Gasteiger charge is 2.27. The first-order chi connectivity index (χ1) is 12.3. The van der Waals surface area contributed by atoms with Crippen LogP contribution in [0, 0.1) is 0 Å². The summed E-state index contributed by atoms with van der Waals surface area (Å²) >= 11 is 0. The fraction of sp³-hybridized carbons (Fsp3) is 0.429. The number of pyridine rings is 1. The average molecular weight is 354 g/mol. The number of hydrogen-bond acceptors (Lipinski definition) is 4. The Morgan fingerprint density at radius 3 is 2.81 bits per heavy atom. The van der Waals surface area contributed by atoms with E-state index in [4.69, 9.17) is 9.47 Å². The molecular formula is C21H26N2O3. The summed E-state index contributed by atoms with van der Waals surface area (Å²) in [4.78, 5) is 18.1. The van der Waals surface area contributed by atoms with Crippen molar-refractivity contribution in [1.29, 1.82) is 0 Å². The molecule has 0 saturated heterocycles. The highest BCUT2D eigenvalue weighted by molar-refractivity contribution is 5.69. The van der Waals surface area contributed by atoms with Crippen LogP contribution in [0.2, 0.25) is 0 Å². The van der Waals surface area contributed by atoms with Crippen molar-refractivity contribution in [3.8, 4) is 11.1 Å². The van der Waals surface area contributed by atoms with Crippen LogP contribution in [0.25, 0.3) is 11.1 Å². The number of benzene rings is 1. The van der Waals surface area contributed by atoms with Gasteiger partial charge in [-0.3, -0.25) is 4.98 Å². The van der Waals surface area contributed by atoms with E-state index in [1.54, 1.807) is 18.1 Å². The third-order valence-electron chi connectivity index (χ3n) is 4.35. The maximum Gasteiger partial charge on any atom is 0.410 e. The number of likely N-dealkylation sites (N-methyl/N-ethyl adjacent to an activating group) is 1. The maximum atomic E-state index is 12.3. The zero-order valence-corrected chi connectivity index (χ0v) is 15.9. The fourth-order valence-corrected chi connectivity index (χ4v) is 3.19. The summed E-state index contributed by atoms with van der Waals surface area (Å²) in [5.74, 6) is 0. The monoisotopic (exact) mass is 354 g/mol. The third kappa shape index (κ3) is 4.22. The highest BCUT2D eigenvalue weighted by atomic mass is 16.6. The molecule has 0 saturated carbocycles. The first kappa shape index (κ1) is 18.4. The number of carbonyl (C=O) groups excluding carboxylic acids is 1. The Morgan fingerprint density at radius 2 is 2.12 bits per heavy atom. The van der Waals surface area contributed by atoms with Crippen LogP contribution in [0.15, 0.2) is 42.7 Å². The Hall–Kier alpha value is -2.40. The molecule has 0 fully saturated rings. The zero-order valence-electron chi connectivity index (χ0n) is 15.9. The molecule has 1 aromatic heterocycles. The van der Waals surface area contributed by atoms with Crippen LogP contribution in [0.5, 0.6) is 0 Å². The minimum atomic E-state index is -0.510. The fourth-order valence-electron chi connectivity index (χ4n) is 3.19. The van der Waals surface area contributed by atoms with Gasteiger partial charge in [0.1, 0.15) is 11.7 Å². The summed E-state index contributed by atoms with van der Waals surface area (Å²) in [5, 5.41) is 0. The van der Waals surface area contributed by atoms with Gasteiger partial charge in [0.25, 0.3) is 0 Å². The number of nitrogens with zero attached hydrogens (tertiary/aromatic N) is 2. The smallest absolute Gasteiger partial charge is 0.410 e. The Balaban J connectivity index is 1.83. The second-order valence-corrected chi connectivity index (χ2v) is 7.59. The summed E-state index contributed by atoms with van der Waals surface area (Å²) in [6, 6.07) is 10.3. The molecule has 0 N–H and O–H groups in total. The largest absolute Gasteiger partial charge is 0.444 e. The summed E-state index contributed by atoms with van der Waals surface area (Å²) in [5.41, 5.74) is 4.18. The lowest BCUT2D eigenvalue weighted by molar-refractivity contribution is -0.00157. The molecule has 0 unspecified atom stereocenters. The molecule has 1 aliphatic heterocycles. The molecule has 1 aliphatic rings. The number of rotatable bonds is 3. The molecule has 5 heteroatoms. The number of hydrogen-bond donors (Lipinski definition) is 0. The van der Waals surface area contributed by atoms with Crippen LogP contribution in [0.3, 0.4) is 0 Å². The minimum absolute atomic E-state index is 0.159. The van der Waals surface area contributed by atoms with E-state index in [0.29, 0.717) is 13.2 Å². The van der Waals surface area contributed by atoms with Gasteiger partial charge < -0.3 is 14.4 Å². The second kappa shape index (κ2) is 7.46. The van der Waals surface area contributed by atoms with Crippen molar-refractivity contribution < 1.29 is 14.3 Å². The lowest BCUT2D eigenvalue weighted by Crippen LogP contribution is -2.38. The molecule has 1 aromatic carbocycles. The van der Waals surface area contributed by atoms with Gasteiger partial charge in [-0.25, -0.2) is 4.79 Å². The van der Waals surface area contributed by atoms with E-state index in [-0.39, 0.29) is 12.2 Å². The Morgan fingerprint density at radius 1 is 1.31 bits per heavy atom. The van der Waals surface area contributed by atoms with E-state index >= 15 is 0 Å². The molecule has 1 atom stereocenters. The summed E-state index contributed by atoms with van der Waals surface area (Å²) in [6.45, 7) is 6.69. The summed E-state index contributed by atoms with van der Waals surface area (Å²) < 4.78 is 11.4. The van der Waals surface area contributed by atoms with Gasteiger partial charge >= 0.3 is 6.09 Å². The summed E-state index contributed by atoms with van der Waals surface area (Å²) in [6.07, 6.45) is 4.02. The molecule has 0 aliphatic carbocycles. The van der Waals surface area contributed by atoms with E-state index in [2.05, 4.69) is 23.2 Å². The number of carbonyl (C=O) groups is 1.